The molecule has 3 aliphatic rings. The number of piperidine rings is 1. The summed E-state index contributed by atoms with van der Waals surface area (Å²) in [7, 11) is 0. The minimum atomic E-state index is -0.195. The van der Waals surface area contributed by atoms with Crippen LogP contribution in [0.5, 0.6) is 0 Å². The van der Waals surface area contributed by atoms with Crippen LogP contribution in [0.1, 0.15) is 71.0 Å². The lowest BCUT2D eigenvalue weighted by molar-refractivity contribution is 0.0526. The fourth-order valence-corrected chi connectivity index (χ4v) is 4.54. The number of rotatable bonds is 4. The maximum Gasteiger partial charge on any atom is 0.338 e. The molecular formula is C24H29FN2O2. The van der Waals surface area contributed by atoms with Gasteiger partial charge in [0, 0.05) is 6.67 Å². The van der Waals surface area contributed by atoms with Crippen LogP contribution in [0, 0.1) is 5.82 Å². The van der Waals surface area contributed by atoms with Crippen molar-refractivity contribution in [3.05, 3.63) is 70.5 Å². The number of carbonyl (C=O) groups excluding carboxylic acids is 1. The molecule has 5 rings (SSSR count). The van der Waals surface area contributed by atoms with Gasteiger partial charge in [0.1, 0.15) is 5.82 Å². The molecule has 154 valence electrons. The molecule has 0 amide bonds. The van der Waals surface area contributed by atoms with Crippen molar-refractivity contribution in [3.8, 4) is 0 Å². The zero-order valence-electron chi connectivity index (χ0n) is 16.9. The van der Waals surface area contributed by atoms with Gasteiger partial charge in [-0.25, -0.2) is 9.18 Å². The Morgan fingerprint density at radius 1 is 1.10 bits per heavy atom. The third-order valence-electron chi connectivity index (χ3n) is 6.37. The van der Waals surface area contributed by atoms with Gasteiger partial charge in [0.2, 0.25) is 0 Å². The Labute approximate surface area is 171 Å². The van der Waals surface area contributed by atoms with E-state index >= 15 is 0 Å². The highest BCUT2D eigenvalue weighted by Crippen LogP contribution is 2.65. The molecule has 1 heterocycles. The molecule has 1 saturated heterocycles. The first kappa shape index (κ1) is 20.0. The van der Waals surface area contributed by atoms with Crippen LogP contribution in [0.3, 0.4) is 0 Å². The largest absolute Gasteiger partial charge is 0.462 e. The van der Waals surface area contributed by atoms with E-state index in [2.05, 4.69) is 11.0 Å². The molecule has 2 aromatic carbocycles. The quantitative estimate of drug-likeness (QED) is 0.780. The number of likely N-dealkylation sites (tertiary alicyclic amines) is 1. The van der Waals surface area contributed by atoms with Crippen molar-refractivity contribution in [1.82, 2.24) is 4.90 Å². The molecule has 1 saturated carbocycles. The van der Waals surface area contributed by atoms with E-state index in [9.17, 15) is 9.18 Å². The molecule has 1 aliphatic heterocycles. The van der Waals surface area contributed by atoms with Crippen LogP contribution in [0.4, 0.5) is 4.39 Å². The van der Waals surface area contributed by atoms with Crippen LogP contribution < -0.4 is 5.73 Å². The molecule has 2 fully saturated rings. The van der Waals surface area contributed by atoms with E-state index in [1.807, 2.05) is 31.2 Å². The number of halogens is 1. The van der Waals surface area contributed by atoms with Gasteiger partial charge in [-0.05, 0) is 98.0 Å². The van der Waals surface area contributed by atoms with E-state index in [0.29, 0.717) is 24.8 Å². The highest BCUT2D eigenvalue weighted by atomic mass is 19.1. The number of fused-ring (bicyclic) bond motifs is 4. The monoisotopic (exact) mass is 396 g/mol. The predicted molar refractivity (Wildman–Crippen MR) is 111 cm³/mol. The zero-order chi connectivity index (χ0) is 20.4. The third kappa shape index (κ3) is 4.36. The Morgan fingerprint density at radius 2 is 1.79 bits per heavy atom. The number of nitrogens with two attached hydrogens (primary N) is 1. The summed E-state index contributed by atoms with van der Waals surface area (Å²) >= 11 is 0. The summed E-state index contributed by atoms with van der Waals surface area (Å²) in [4.78, 5) is 13.7. The van der Waals surface area contributed by atoms with Gasteiger partial charge in [-0.1, -0.05) is 18.2 Å². The minimum Gasteiger partial charge on any atom is -0.462 e. The summed E-state index contributed by atoms with van der Waals surface area (Å²) in [5.74, 6) is 1.81. The number of benzene rings is 2. The molecule has 2 aromatic rings. The van der Waals surface area contributed by atoms with Crippen LogP contribution in [0.2, 0.25) is 0 Å². The number of esters is 1. The van der Waals surface area contributed by atoms with Gasteiger partial charge in [-0.2, -0.15) is 0 Å². The highest BCUT2D eigenvalue weighted by Gasteiger charge is 2.50. The highest BCUT2D eigenvalue weighted by molar-refractivity contribution is 5.90. The Morgan fingerprint density at radius 3 is 2.45 bits per heavy atom. The first-order valence-corrected chi connectivity index (χ1v) is 10.6. The predicted octanol–water partition coefficient (Wildman–Crippen LogP) is 4.37. The molecule has 5 heteroatoms. The maximum atomic E-state index is 12.7. The summed E-state index contributed by atoms with van der Waals surface area (Å²) in [5, 5.41) is 0. The smallest absolute Gasteiger partial charge is 0.338 e. The van der Waals surface area contributed by atoms with E-state index in [1.54, 1.807) is 12.1 Å². The average molecular weight is 397 g/mol. The average Bonchev–Trinajstić information content (AvgIpc) is 3.48. The summed E-state index contributed by atoms with van der Waals surface area (Å²) in [6, 6.07) is 12.9. The lowest BCUT2D eigenvalue weighted by Gasteiger charge is -2.30. The number of hydrogen-bond donors (Lipinski definition) is 1. The summed E-state index contributed by atoms with van der Waals surface area (Å²) < 4.78 is 17.7. The number of ether oxygens (including phenoxy) is 1. The van der Waals surface area contributed by atoms with Crippen molar-refractivity contribution in [2.75, 3.05) is 26.4 Å². The summed E-state index contributed by atoms with van der Waals surface area (Å²) in [5.41, 5.74) is 10.4. The van der Waals surface area contributed by atoms with Crippen molar-refractivity contribution < 1.29 is 13.9 Å². The molecule has 29 heavy (non-hydrogen) atoms. The Kier molecular flexibility index (Phi) is 5.97. The Hall–Kier alpha value is -2.24. The van der Waals surface area contributed by atoms with Gasteiger partial charge >= 0.3 is 5.97 Å². The van der Waals surface area contributed by atoms with Gasteiger partial charge in [0.15, 0.2) is 0 Å². The van der Waals surface area contributed by atoms with Gasteiger partial charge in [0.05, 0.1) is 12.2 Å². The summed E-state index contributed by atoms with van der Waals surface area (Å²) in [6.45, 7) is 5.03. The molecule has 0 spiro atoms. The van der Waals surface area contributed by atoms with Crippen molar-refractivity contribution >= 4 is 5.97 Å². The van der Waals surface area contributed by atoms with Crippen molar-refractivity contribution in [1.29, 1.82) is 0 Å². The van der Waals surface area contributed by atoms with E-state index in [0.717, 1.165) is 37.8 Å². The van der Waals surface area contributed by atoms with Crippen LogP contribution >= 0.6 is 0 Å². The molecule has 0 aromatic heterocycles. The normalized spacial score (nSPS) is 22.4. The second-order valence-electron chi connectivity index (χ2n) is 8.14. The third-order valence-corrected chi connectivity index (χ3v) is 6.37. The fraction of sp³-hybridized carbons (Fsp3) is 0.458. The molecule has 0 radical (unpaired) electrons. The van der Waals surface area contributed by atoms with E-state index in [-0.39, 0.29) is 11.8 Å². The van der Waals surface area contributed by atoms with Crippen molar-refractivity contribution in [2.45, 2.75) is 43.9 Å². The SMILES string of the molecule is CCOC(=O)c1ccc2c(c1)C1CC21.NCN1CCC(c2ccc(F)cc2)CC1. The molecule has 2 N–H and O–H groups in total. The van der Waals surface area contributed by atoms with E-state index in [4.69, 9.17) is 10.5 Å². The van der Waals surface area contributed by atoms with Crippen LogP contribution in [0.15, 0.2) is 42.5 Å². The molecular weight excluding hydrogens is 367 g/mol. The Balaban J connectivity index is 0.000000141. The van der Waals surface area contributed by atoms with Crippen LogP contribution in [-0.4, -0.2) is 37.2 Å². The molecule has 2 unspecified atom stereocenters. The van der Waals surface area contributed by atoms with Gasteiger partial charge in [0.25, 0.3) is 0 Å². The minimum absolute atomic E-state index is 0.154. The van der Waals surface area contributed by atoms with E-state index < -0.39 is 0 Å². The standard InChI is InChI=1S/C12H17FN2.C12H12O2/c13-12-3-1-10(2-4-12)11-5-7-15(9-14)8-6-11;1-2-14-12(13)7-3-4-8-9(5-7)11-6-10(8)11/h1-4,11H,5-9,14H2;3-5,10-11H,2,6H2,1H3. The maximum absolute atomic E-state index is 12.7. The topological polar surface area (TPSA) is 55.6 Å². The fourth-order valence-electron chi connectivity index (χ4n) is 4.54. The number of nitrogens with zero attached hydrogens (tertiary/aromatic N) is 1. The Bertz CT molecular complexity index is 860. The summed E-state index contributed by atoms with van der Waals surface area (Å²) in [6.07, 6.45) is 3.55. The van der Waals surface area contributed by atoms with Crippen molar-refractivity contribution in [3.63, 3.8) is 0 Å². The lowest BCUT2D eigenvalue weighted by atomic mass is 9.87. The van der Waals surface area contributed by atoms with E-state index in [1.165, 1.54) is 23.1 Å². The second kappa shape index (κ2) is 8.64. The lowest BCUT2D eigenvalue weighted by Crippen LogP contribution is -2.36. The van der Waals surface area contributed by atoms with Crippen LogP contribution in [0.25, 0.3) is 0 Å². The molecule has 2 atom stereocenters. The second-order valence-corrected chi connectivity index (χ2v) is 8.14. The van der Waals surface area contributed by atoms with Crippen molar-refractivity contribution in [2.24, 2.45) is 5.73 Å². The van der Waals surface area contributed by atoms with Gasteiger partial charge in [-0.3, -0.25) is 4.90 Å². The first-order chi connectivity index (χ1) is 14.1. The molecule has 2 aliphatic carbocycles. The number of hydrogen-bond acceptors (Lipinski definition) is 4. The first-order valence-electron chi connectivity index (χ1n) is 10.6. The zero-order valence-corrected chi connectivity index (χ0v) is 16.9. The molecule has 4 nitrogen and oxygen atoms in total. The van der Waals surface area contributed by atoms with Gasteiger partial charge < -0.3 is 10.5 Å². The number of carbonyl (C=O) groups is 1. The molecule has 0 bridgehead atoms. The van der Waals surface area contributed by atoms with Crippen LogP contribution in [-0.2, 0) is 4.74 Å². The van der Waals surface area contributed by atoms with Gasteiger partial charge in [-0.15, -0.1) is 0 Å².